The van der Waals surface area contributed by atoms with Gasteiger partial charge in [0.15, 0.2) is 0 Å². The third kappa shape index (κ3) is 3.21. The number of carbonyl (C=O) groups is 3. The molecule has 3 rings (SSSR count). The minimum atomic E-state index is -0.757. The van der Waals surface area contributed by atoms with E-state index in [9.17, 15) is 14.4 Å². The van der Waals surface area contributed by atoms with E-state index in [2.05, 4.69) is 4.74 Å². The molecular formula is C17H12O6. The molecule has 2 aromatic rings. The maximum atomic E-state index is 11.9. The van der Waals surface area contributed by atoms with Crippen LogP contribution in [0.15, 0.2) is 48.5 Å². The van der Waals surface area contributed by atoms with Crippen molar-refractivity contribution in [3.63, 3.8) is 0 Å². The molecule has 2 aromatic carbocycles. The van der Waals surface area contributed by atoms with Gasteiger partial charge in [0, 0.05) is 0 Å². The molecule has 0 aromatic heterocycles. The summed E-state index contributed by atoms with van der Waals surface area (Å²) in [5.74, 6) is -1.38. The van der Waals surface area contributed by atoms with Gasteiger partial charge in [-0.3, -0.25) is 0 Å². The van der Waals surface area contributed by atoms with E-state index in [1.54, 1.807) is 12.1 Å². The molecule has 0 aliphatic carbocycles. The molecule has 0 amide bonds. The third-order valence-corrected chi connectivity index (χ3v) is 3.21. The van der Waals surface area contributed by atoms with Gasteiger partial charge in [0.1, 0.15) is 19.0 Å². The Labute approximate surface area is 131 Å². The Morgan fingerprint density at radius 2 is 1.65 bits per heavy atom. The van der Waals surface area contributed by atoms with E-state index in [4.69, 9.17) is 9.47 Å². The van der Waals surface area contributed by atoms with Gasteiger partial charge in [0.25, 0.3) is 0 Å². The molecule has 0 saturated carbocycles. The fraction of sp³-hybridized carbons (Fsp3) is 0.118. The van der Waals surface area contributed by atoms with Gasteiger partial charge in [-0.2, -0.15) is 0 Å². The van der Waals surface area contributed by atoms with Crippen LogP contribution < -0.4 is 4.74 Å². The highest BCUT2D eigenvalue weighted by Gasteiger charge is 2.30. The van der Waals surface area contributed by atoms with Crippen molar-refractivity contribution < 1.29 is 28.6 Å². The van der Waals surface area contributed by atoms with Crippen LogP contribution in [0.5, 0.6) is 5.75 Å². The van der Waals surface area contributed by atoms with Crippen molar-refractivity contribution in [2.45, 2.75) is 0 Å². The van der Waals surface area contributed by atoms with Gasteiger partial charge in [-0.1, -0.05) is 18.2 Å². The maximum Gasteiger partial charge on any atom is 0.346 e. The van der Waals surface area contributed by atoms with E-state index in [1.165, 1.54) is 18.2 Å². The first kappa shape index (κ1) is 14.8. The zero-order valence-electron chi connectivity index (χ0n) is 12.0. The molecule has 0 N–H and O–H groups in total. The number of fused-ring (bicyclic) bond motifs is 1. The number of para-hydroxylation sites is 1. The summed E-state index contributed by atoms with van der Waals surface area (Å²) >= 11 is 0. The highest BCUT2D eigenvalue weighted by atomic mass is 16.6. The number of cyclic esters (lactones) is 2. The van der Waals surface area contributed by atoms with Crippen molar-refractivity contribution in [1.82, 2.24) is 0 Å². The van der Waals surface area contributed by atoms with Crippen LogP contribution in [0.4, 0.5) is 0 Å². The summed E-state index contributed by atoms with van der Waals surface area (Å²) in [7, 11) is 0. The number of esters is 3. The van der Waals surface area contributed by atoms with Crippen LogP contribution in [0, 0.1) is 0 Å². The fourth-order valence-electron chi connectivity index (χ4n) is 2.11. The molecule has 0 radical (unpaired) electrons. The normalized spacial score (nSPS) is 12.5. The first-order valence-corrected chi connectivity index (χ1v) is 6.90. The van der Waals surface area contributed by atoms with E-state index >= 15 is 0 Å². The van der Waals surface area contributed by atoms with Crippen LogP contribution in [0.2, 0.25) is 0 Å². The van der Waals surface area contributed by atoms with Crippen LogP contribution in [-0.4, -0.2) is 31.1 Å². The molecule has 6 heteroatoms. The van der Waals surface area contributed by atoms with Crippen molar-refractivity contribution in [3.8, 4) is 5.75 Å². The maximum absolute atomic E-state index is 11.9. The number of rotatable bonds is 5. The van der Waals surface area contributed by atoms with E-state index in [0.717, 1.165) is 0 Å². The highest BCUT2D eigenvalue weighted by Crippen LogP contribution is 2.21. The van der Waals surface area contributed by atoms with Crippen LogP contribution in [0.3, 0.4) is 0 Å². The second-order valence-corrected chi connectivity index (χ2v) is 4.73. The Bertz CT molecular complexity index is 766. The second kappa shape index (κ2) is 6.31. The van der Waals surface area contributed by atoms with Gasteiger partial charge in [0.05, 0.1) is 16.7 Å². The molecular weight excluding hydrogens is 300 g/mol. The monoisotopic (exact) mass is 312 g/mol. The largest absolute Gasteiger partial charge is 0.490 e. The smallest absolute Gasteiger partial charge is 0.346 e. The van der Waals surface area contributed by atoms with Gasteiger partial charge in [-0.05, 0) is 30.3 Å². The molecule has 0 unspecified atom stereocenters. The lowest BCUT2D eigenvalue weighted by Gasteiger charge is -2.07. The summed E-state index contributed by atoms with van der Waals surface area (Å²) in [5.41, 5.74) is 0.402. The first-order valence-electron chi connectivity index (χ1n) is 6.90. The SMILES string of the molecule is O=C(OCCOc1ccccc1)c1ccc2c(c1)C(=O)OC2=O. The van der Waals surface area contributed by atoms with Crippen LogP contribution in [0.25, 0.3) is 0 Å². The molecule has 116 valence electrons. The van der Waals surface area contributed by atoms with Gasteiger partial charge in [-0.25, -0.2) is 14.4 Å². The fourth-order valence-corrected chi connectivity index (χ4v) is 2.11. The van der Waals surface area contributed by atoms with Crippen molar-refractivity contribution in [2.75, 3.05) is 13.2 Å². The van der Waals surface area contributed by atoms with Crippen molar-refractivity contribution >= 4 is 17.9 Å². The summed E-state index contributed by atoms with van der Waals surface area (Å²) in [6, 6.07) is 13.2. The third-order valence-electron chi connectivity index (χ3n) is 3.21. The molecule has 0 bridgehead atoms. The lowest BCUT2D eigenvalue weighted by Crippen LogP contribution is -2.13. The van der Waals surface area contributed by atoms with Gasteiger partial charge in [-0.15, -0.1) is 0 Å². The summed E-state index contributed by atoms with van der Waals surface area (Å²) in [4.78, 5) is 34.7. The molecule has 1 aliphatic heterocycles. The van der Waals surface area contributed by atoms with E-state index in [-0.39, 0.29) is 29.9 Å². The average molecular weight is 312 g/mol. The number of carbonyl (C=O) groups excluding carboxylic acids is 3. The second-order valence-electron chi connectivity index (χ2n) is 4.73. The Morgan fingerprint density at radius 1 is 0.913 bits per heavy atom. The van der Waals surface area contributed by atoms with Crippen molar-refractivity contribution in [1.29, 1.82) is 0 Å². The van der Waals surface area contributed by atoms with E-state index < -0.39 is 17.9 Å². The highest BCUT2D eigenvalue weighted by molar-refractivity contribution is 6.15. The van der Waals surface area contributed by atoms with Gasteiger partial charge < -0.3 is 14.2 Å². The molecule has 0 fully saturated rings. The average Bonchev–Trinajstić information content (AvgIpc) is 2.86. The molecule has 0 atom stereocenters. The predicted octanol–water partition coefficient (Wildman–Crippen LogP) is 2.23. The number of ether oxygens (including phenoxy) is 3. The lowest BCUT2D eigenvalue weighted by atomic mass is 10.1. The minimum Gasteiger partial charge on any atom is -0.490 e. The molecule has 1 aliphatic rings. The van der Waals surface area contributed by atoms with Crippen LogP contribution in [0.1, 0.15) is 31.1 Å². The first-order chi connectivity index (χ1) is 11.1. The van der Waals surface area contributed by atoms with E-state index in [0.29, 0.717) is 5.75 Å². The van der Waals surface area contributed by atoms with Crippen LogP contribution in [-0.2, 0) is 9.47 Å². The Hall–Kier alpha value is -3.15. The Balaban J connectivity index is 1.56. The molecule has 0 spiro atoms. The topological polar surface area (TPSA) is 78.9 Å². The van der Waals surface area contributed by atoms with Crippen LogP contribution >= 0.6 is 0 Å². The zero-order chi connectivity index (χ0) is 16.2. The molecule has 23 heavy (non-hydrogen) atoms. The minimum absolute atomic E-state index is 0.0637. The van der Waals surface area contributed by atoms with Gasteiger partial charge >= 0.3 is 17.9 Å². The summed E-state index contributed by atoms with van der Waals surface area (Å²) in [5, 5.41) is 0. The van der Waals surface area contributed by atoms with Gasteiger partial charge in [0.2, 0.25) is 0 Å². The molecule has 6 nitrogen and oxygen atoms in total. The number of hydrogen-bond acceptors (Lipinski definition) is 6. The van der Waals surface area contributed by atoms with Crippen molar-refractivity contribution in [2.24, 2.45) is 0 Å². The predicted molar refractivity (Wildman–Crippen MR) is 78.4 cm³/mol. The number of benzene rings is 2. The van der Waals surface area contributed by atoms with Crippen molar-refractivity contribution in [3.05, 3.63) is 65.2 Å². The summed E-state index contributed by atoms with van der Waals surface area (Å²) in [6.07, 6.45) is 0. The quantitative estimate of drug-likeness (QED) is 0.478. The standard InChI is InChI=1S/C17H12O6/c18-15(22-9-8-21-12-4-2-1-3-5-12)11-6-7-13-14(10-11)17(20)23-16(13)19/h1-7,10H,8-9H2. The lowest BCUT2D eigenvalue weighted by molar-refractivity contribution is 0.0438. The Morgan fingerprint density at radius 3 is 2.43 bits per heavy atom. The number of hydrogen-bond donors (Lipinski definition) is 0. The molecule has 0 saturated heterocycles. The zero-order valence-corrected chi connectivity index (χ0v) is 12.0. The molecule has 1 heterocycles. The Kier molecular flexibility index (Phi) is 4.05. The summed E-state index contributed by atoms with van der Waals surface area (Å²) < 4.78 is 14.9. The van der Waals surface area contributed by atoms with E-state index in [1.807, 2.05) is 18.2 Å². The summed E-state index contributed by atoms with van der Waals surface area (Å²) in [6.45, 7) is 0.273.